The van der Waals surface area contributed by atoms with Gasteiger partial charge in [-0.25, -0.2) is 4.79 Å². The highest BCUT2D eigenvalue weighted by atomic mass is 35.5. The molecular weight excluding hydrogens is 388 g/mol. The Morgan fingerprint density at radius 2 is 1.90 bits per heavy atom. The minimum atomic E-state index is -0.487. The van der Waals surface area contributed by atoms with Crippen molar-refractivity contribution in [3.8, 4) is 0 Å². The molecule has 160 valence electrons. The largest absolute Gasteiger partial charge is 0.444 e. The minimum absolute atomic E-state index is 0.243. The summed E-state index contributed by atoms with van der Waals surface area (Å²) < 4.78 is 5.39. The van der Waals surface area contributed by atoms with E-state index in [0.29, 0.717) is 5.02 Å². The van der Waals surface area contributed by atoms with Crippen molar-refractivity contribution in [3.63, 3.8) is 0 Å². The summed E-state index contributed by atoms with van der Waals surface area (Å²) in [4.78, 5) is 14.4. The number of rotatable bonds is 7. The zero-order chi connectivity index (χ0) is 21.5. The normalized spacial score (nSPS) is 17.3. The first-order valence-corrected chi connectivity index (χ1v) is 10.3. The fraction of sp³-hybridized carbons (Fsp3) is 0.500. The number of nitrogens with zero attached hydrogens (tertiary/aromatic N) is 1. The lowest BCUT2D eigenvalue weighted by atomic mass is 9.90. The van der Waals surface area contributed by atoms with Gasteiger partial charge in [0.1, 0.15) is 5.60 Å². The second-order valence-corrected chi connectivity index (χ2v) is 9.02. The molecule has 0 radical (unpaired) electrons. The number of hydrogen-bond donors (Lipinski definition) is 3. The zero-order valence-electron chi connectivity index (χ0n) is 17.8. The van der Waals surface area contributed by atoms with Gasteiger partial charge in [0.2, 0.25) is 0 Å². The fourth-order valence-corrected chi connectivity index (χ4v) is 3.23. The van der Waals surface area contributed by atoms with Crippen molar-refractivity contribution in [2.45, 2.75) is 51.7 Å². The van der Waals surface area contributed by atoms with Crippen molar-refractivity contribution >= 4 is 23.4 Å². The molecule has 1 aromatic rings. The predicted molar refractivity (Wildman–Crippen MR) is 119 cm³/mol. The van der Waals surface area contributed by atoms with E-state index in [-0.39, 0.29) is 11.6 Å². The molecular formula is C22H33ClN4O2. The number of amides is 1. The first kappa shape index (κ1) is 23.1. The zero-order valence-corrected chi connectivity index (χ0v) is 18.6. The van der Waals surface area contributed by atoms with Crippen LogP contribution < -0.4 is 16.0 Å². The molecule has 1 saturated heterocycles. The summed E-state index contributed by atoms with van der Waals surface area (Å²) in [6.45, 7) is 13.9. The maximum atomic E-state index is 12.1. The molecule has 0 atom stereocenters. The van der Waals surface area contributed by atoms with Gasteiger partial charge in [0.25, 0.3) is 0 Å². The van der Waals surface area contributed by atoms with E-state index in [1.807, 2.05) is 51.2 Å². The van der Waals surface area contributed by atoms with E-state index >= 15 is 0 Å². The molecule has 1 heterocycles. The van der Waals surface area contributed by atoms with Gasteiger partial charge in [-0.1, -0.05) is 30.3 Å². The van der Waals surface area contributed by atoms with E-state index in [0.717, 1.165) is 43.9 Å². The molecule has 0 spiro atoms. The number of likely N-dealkylation sites (tertiary alicyclic amines) is 1. The van der Waals surface area contributed by atoms with E-state index < -0.39 is 5.60 Å². The topological polar surface area (TPSA) is 65.6 Å². The first-order chi connectivity index (χ1) is 13.6. The number of carbonyl (C=O) groups is 1. The Morgan fingerprint density at radius 1 is 1.28 bits per heavy atom. The van der Waals surface area contributed by atoms with Crippen LogP contribution in [0.4, 0.5) is 4.79 Å². The third-order valence-corrected chi connectivity index (χ3v) is 4.99. The third kappa shape index (κ3) is 7.99. The van der Waals surface area contributed by atoms with Gasteiger partial charge in [-0.3, -0.25) is 4.90 Å². The van der Waals surface area contributed by atoms with Crippen LogP contribution in [0.15, 0.2) is 43.2 Å². The number of ether oxygens (including phenoxy) is 1. The van der Waals surface area contributed by atoms with Crippen LogP contribution in [0.25, 0.3) is 5.70 Å². The van der Waals surface area contributed by atoms with Crippen LogP contribution in [-0.4, -0.2) is 41.9 Å². The number of alkyl carbamates (subject to hydrolysis) is 1. The molecule has 1 aliphatic heterocycles. The van der Waals surface area contributed by atoms with E-state index in [4.69, 9.17) is 16.3 Å². The highest BCUT2D eigenvalue weighted by molar-refractivity contribution is 6.30. The summed E-state index contributed by atoms with van der Waals surface area (Å²) in [5.41, 5.74) is 1.21. The lowest BCUT2D eigenvalue weighted by Crippen LogP contribution is -2.55. The maximum Gasteiger partial charge on any atom is 0.408 e. The lowest BCUT2D eigenvalue weighted by Gasteiger charge is -2.40. The van der Waals surface area contributed by atoms with Gasteiger partial charge in [-0.05, 0) is 64.4 Å². The van der Waals surface area contributed by atoms with Gasteiger partial charge < -0.3 is 20.7 Å². The quantitative estimate of drug-likeness (QED) is 0.613. The Bertz CT molecular complexity index is 717. The Balaban J connectivity index is 1.83. The Hall–Kier alpha value is -2.18. The summed E-state index contributed by atoms with van der Waals surface area (Å²) in [5, 5.41) is 10.3. The number of benzene rings is 1. The molecule has 0 aliphatic carbocycles. The van der Waals surface area contributed by atoms with Crippen molar-refractivity contribution in [1.82, 2.24) is 20.9 Å². The second-order valence-electron chi connectivity index (χ2n) is 8.58. The summed E-state index contributed by atoms with van der Waals surface area (Å²) >= 11 is 5.97. The standard InChI is InChI=1S/C22H33ClN4O2/c1-6-25-19(17-7-9-18(23)10-8-17)15-24-16-27-13-11-22(5,12-14-27)26-20(28)29-21(2,3)4/h6-10,15,24-25H,1,11-14,16H2,2-5H3,(H,26,28)/b19-15-. The molecule has 1 fully saturated rings. The van der Waals surface area contributed by atoms with Crippen molar-refractivity contribution in [1.29, 1.82) is 0 Å². The van der Waals surface area contributed by atoms with Crippen LogP contribution >= 0.6 is 11.6 Å². The predicted octanol–water partition coefficient (Wildman–Crippen LogP) is 4.30. The number of hydrogen-bond acceptors (Lipinski definition) is 5. The summed E-state index contributed by atoms with van der Waals surface area (Å²) in [6, 6.07) is 7.64. The van der Waals surface area contributed by atoms with E-state index in [1.54, 1.807) is 6.20 Å². The van der Waals surface area contributed by atoms with Crippen LogP contribution in [0.3, 0.4) is 0 Å². The van der Waals surface area contributed by atoms with Crippen LogP contribution in [0.2, 0.25) is 5.02 Å². The molecule has 1 amide bonds. The number of piperidine rings is 1. The average molecular weight is 421 g/mol. The van der Waals surface area contributed by atoms with E-state index in [2.05, 4.69) is 34.4 Å². The van der Waals surface area contributed by atoms with Crippen LogP contribution in [0.1, 0.15) is 46.1 Å². The Kier molecular flexibility index (Phi) is 7.99. The van der Waals surface area contributed by atoms with Gasteiger partial charge in [0.15, 0.2) is 0 Å². The average Bonchev–Trinajstić information content (AvgIpc) is 2.61. The summed E-state index contributed by atoms with van der Waals surface area (Å²) in [6.07, 6.45) is 4.98. The van der Waals surface area contributed by atoms with Crippen LogP contribution in [0, 0.1) is 0 Å². The Labute approximate surface area is 179 Å². The molecule has 3 N–H and O–H groups in total. The second kappa shape index (κ2) is 10.0. The van der Waals surface area contributed by atoms with Crippen LogP contribution in [-0.2, 0) is 4.74 Å². The fourth-order valence-electron chi connectivity index (χ4n) is 3.10. The van der Waals surface area contributed by atoms with Crippen molar-refractivity contribution in [2.75, 3.05) is 19.8 Å². The van der Waals surface area contributed by atoms with Gasteiger partial charge in [-0.15, -0.1) is 0 Å². The van der Waals surface area contributed by atoms with Gasteiger partial charge >= 0.3 is 6.09 Å². The summed E-state index contributed by atoms with van der Waals surface area (Å²) in [5.74, 6) is 0. The number of halogens is 1. The van der Waals surface area contributed by atoms with E-state index in [1.165, 1.54) is 0 Å². The molecule has 1 aromatic carbocycles. The number of carbonyl (C=O) groups excluding carboxylic acids is 1. The van der Waals surface area contributed by atoms with E-state index in [9.17, 15) is 4.79 Å². The minimum Gasteiger partial charge on any atom is -0.444 e. The monoisotopic (exact) mass is 420 g/mol. The highest BCUT2D eigenvalue weighted by Crippen LogP contribution is 2.22. The molecule has 1 aliphatic rings. The SMILES string of the molecule is C=CN/C(=C\NCN1CCC(C)(NC(=O)OC(C)(C)C)CC1)c1ccc(Cl)cc1. The molecule has 0 unspecified atom stereocenters. The highest BCUT2D eigenvalue weighted by Gasteiger charge is 2.32. The van der Waals surface area contributed by atoms with Gasteiger partial charge in [0, 0.05) is 29.9 Å². The van der Waals surface area contributed by atoms with Crippen molar-refractivity contribution in [3.05, 3.63) is 53.8 Å². The summed E-state index contributed by atoms with van der Waals surface area (Å²) in [7, 11) is 0. The lowest BCUT2D eigenvalue weighted by molar-refractivity contribution is 0.0403. The van der Waals surface area contributed by atoms with Crippen LogP contribution in [0.5, 0.6) is 0 Å². The van der Waals surface area contributed by atoms with Crippen molar-refractivity contribution < 1.29 is 9.53 Å². The third-order valence-electron chi connectivity index (χ3n) is 4.74. The molecule has 2 rings (SSSR count). The van der Waals surface area contributed by atoms with Crippen molar-refractivity contribution in [2.24, 2.45) is 0 Å². The molecule has 7 heteroatoms. The molecule has 0 saturated carbocycles. The molecule has 29 heavy (non-hydrogen) atoms. The molecule has 0 bridgehead atoms. The maximum absolute atomic E-state index is 12.1. The molecule has 0 aromatic heterocycles. The smallest absolute Gasteiger partial charge is 0.408 e. The first-order valence-electron chi connectivity index (χ1n) is 9.91. The molecule has 6 nitrogen and oxygen atoms in total. The Morgan fingerprint density at radius 3 is 2.45 bits per heavy atom. The van der Waals surface area contributed by atoms with Gasteiger partial charge in [-0.2, -0.15) is 0 Å². The van der Waals surface area contributed by atoms with Gasteiger partial charge in [0.05, 0.1) is 12.4 Å². The number of nitrogens with one attached hydrogen (secondary N) is 3.